The molecule has 0 aromatic heterocycles. The van der Waals surface area contributed by atoms with E-state index < -0.39 is 0 Å². The van der Waals surface area contributed by atoms with E-state index in [0.717, 1.165) is 26.1 Å². The first kappa shape index (κ1) is 14.2. The van der Waals surface area contributed by atoms with Crippen molar-refractivity contribution in [2.24, 2.45) is 5.92 Å². The SMILES string of the molecule is COc1ccc(Cl)cc1C(=O)NCC[C@H]1CCOC1. The largest absolute Gasteiger partial charge is 0.496 e. The third kappa shape index (κ3) is 3.85. The molecule has 1 saturated heterocycles. The lowest BCUT2D eigenvalue weighted by atomic mass is 10.1. The van der Waals surface area contributed by atoms with Gasteiger partial charge in [-0.25, -0.2) is 0 Å². The number of carbonyl (C=O) groups excluding carboxylic acids is 1. The zero-order chi connectivity index (χ0) is 13.7. The van der Waals surface area contributed by atoms with Crippen molar-refractivity contribution in [3.63, 3.8) is 0 Å². The second-order valence-corrected chi connectivity index (χ2v) is 5.06. The third-order valence-corrected chi connectivity index (χ3v) is 3.50. The molecule has 5 heteroatoms. The minimum absolute atomic E-state index is 0.154. The lowest BCUT2D eigenvalue weighted by Crippen LogP contribution is -2.26. The Morgan fingerprint density at radius 3 is 3.11 bits per heavy atom. The Bertz CT molecular complexity index is 444. The minimum Gasteiger partial charge on any atom is -0.496 e. The van der Waals surface area contributed by atoms with Crippen LogP contribution in [0.5, 0.6) is 5.75 Å². The third-order valence-electron chi connectivity index (χ3n) is 3.27. The molecule has 1 atom stereocenters. The lowest BCUT2D eigenvalue weighted by molar-refractivity contribution is 0.0947. The summed E-state index contributed by atoms with van der Waals surface area (Å²) in [6, 6.07) is 5.02. The van der Waals surface area contributed by atoms with Gasteiger partial charge in [0, 0.05) is 24.8 Å². The molecule has 1 aromatic rings. The molecule has 0 spiro atoms. The first-order valence-electron chi connectivity index (χ1n) is 6.40. The predicted octanol–water partition coefficient (Wildman–Crippen LogP) is 2.51. The number of halogens is 1. The van der Waals surface area contributed by atoms with Crippen LogP contribution in [0.2, 0.25) is 5.02 Å². The van der Waals surface area contributed by atoms with Gasteiger partial charge in [0.15, 0.2) is 0 Å². The van der Waals surface area contributed by atoms with Crippen LogP contribution in [0.25, 0.3) is 0 Å². The second-order valence-electron chi connectivity index (χ2n) is 4.62. The molecule has 4 nitrogen and oxygen atoms in total. The van der Waals surface area contributed by atoms with Crippen molar-refractivity contribution in [1.82, 2.24) is 5.32 Å². The fourth-order valence-corrected chi connectivity index (χ4v) is 2.33. The van der Waals surface area contributed by atoms with Crippen molar-refractivity contribution in [3.05, 3.63) is 28.8 Å². The maximum absolute atomic E-state index is 12.1. The molecule has 1 amide bonds. The quantitative estimate of drug-likeness (QED) is 0.903. The van der Waals surface area contributed by atoms with Gasteiger partial charge in [-0.3, -0.25) is 4.79 Å². The summed E-state index contributed by atoms with van der Waals surface area (Å²) in [6.45, 7) is 2.28. The van der Waals surface area contributed by atoms with Crippen molar-refractivity contribution in [1.29, 1.82) is 0 Å². The highest BCUT2D eigenvalue weighted by atomic mass is 35.5. The average Bonchev–Trinajstić information content (AvgIpc) is 2.91. The highest BCUT2D eigenvalue weighted by Crippen LogP contribution is 2.22. The van der Waals surface area contributed by atoms with Gasteiger partial charge < -0.3 is 14.8 Å². The van der Waals surface area contributed by atoms with Crippen molar-refractivity contribution < 1.29 is 14.3 Å². The van der Waals surface area contributed by atoms with Crippen molar-refractivity contribution in [2.45, 2.75) is 12.8 Å². The maximum atomic E-state index is 12.1. The topological polar surface area (TPSA) is 47.6 Å². The van der Waals surface area contributed by atoms with Crippen LogP contribution in [0.1, 0.15) is 23.2 Å². The Morgan fingerprint density at radius 2 is 2.42 bits per heavy atom. The highest BCUT2D eigenvalue weighted by Gasteiger charge is 2.17. The zero-order valence-electron chi connectivity index (χ0n) is 10.9. The molecule has 2 rings (SSSR count). The van der Waals surface area contributed by atoms with E-state index in [4.69, 9.17) is 21.1 Å². The summed E-state index contributed by atoms with van der Waals surface area (Å²) in [4.78, 5) is 12.1. The van der Waals surface area contributed by atoms with Crippen LogP contribution in [0.4, 0.5) is 0 Å². The molecule has 104 valence electrons. The fourth-order valence-electron chi connectivity index (χ4n) is 2.15. The molecule has 19 heavy (non-hydrogen) atoms. The Kier molecular flexibility index (Phi) is 5.05. The monoisotopic (exact) mass is 283 g/mol. The minimum atomic E-state index is -0.154. The molecule has 1 aliphatic rings. The number of hydrogen-bond acceptors (Lipinski definition) is 3. The summed E-state index contributed by atoms with van der Waals surface area (Å²) in [5.41, 5.74) is 0.470. The molecular weight excluding hydrogens is 266 g/mol. The van der Waals surface area contributed by atoms with Gasteiger partial charge in [0.1, 0.15) is 5.75 Å². The Balaban J connectivity index is 1.89. The number of nitrogens with one attached hydrogen (secondary N) is 1. The Morgan fingerprint density at radius 1 is 1.58 bits per heavy atom. The van der Waals surface area contributed by atoms with Crippen molar-refractivity contribution in [3.8, 4) is 5.75 Å². The van der Waals surface area contributed by atoms with Crippen LogP contribution < -0.4 is 10.1 Å². The lowest BCUT2D eigenvalue weighted by Gasteiger charge is -2.11. The molecule has 0 unspecified atom stereocenters. The van der Waals surface area contributed by atoms with E-state index in [0.29, 0.717) is 28.8 Å². The smallest absolute Gasteiger partial charge is 0.255 e. The van der Waals surface area contributed by atoms with E-state index in [9.17, 15) is 4.79 Å². The highest BCUT2D eigenvalue weighted by molar-refractivity contribution is 6.31. The molecular formula is C14H18ClNO3. The molecule has 1 heterocycles. The van der Waals surface area contributed by atoms with E-state index in [2.05, 4.69) is 5.32 Å². The number of hydrogen-bond donors (Lipinski definition) is 1. The number of methoxy groups -OCH3 is 1. The van der Waals surface area contributed by atoms with Crippen LogP contribution in [0.15, 0.2) is 18.2 Å². The van der Waals surface area contributed by atoms with E-state index >= 15 is 0 Å². The first-order chi connectivity index (χ1) is 9.20. The summed E-state index contributed by atoms with van der Waals surface area (Å²) in [6.07, 6.45) is 2.02. The van der Waals surface area contributed by atoms with E-state index in [-0.39, 0.29) is 5.91 Å². The van der Waals surface area contributed by atoms with Gasteiger partial charge >= 0.3 is 0 Å². The standard InChI is InChI=1S/C14H18ClNO3/c1-18-13-3-2-11(15)8-12(13)14(17)16-6-4-10-5-7-19-9-10/h2-3,8,10H,4-7,9H2,1H3,(H,16,17)/t10-/m0/s1. The Labute approximate surface area is 118 Å². The zero-order valence-corrected chi connectivity index (χ0v) is 11.7. The number of carbonyl (C=O) groups is 1. The van der Waals surface area contributed by atoms with Crippen LogP contribution in [-0.4, -0.2) is 32.8 Å². The summed E-state index contributed by atoms with van der Waals surface area (Å²) >= 11 is 5.90. The number of rotatable bonds is 5. The summed E-state index contributed by atoms with van der Waals surface area (Å²) in [5.74, 6) is 0.936. The molecule has 0 saturated carbocycles. The van der Waals surface area contributed by atoms with E-state index in [1.165, 1.54) is 7.11 Å². The van der Waals surface area contributed by atoms with Gasteiger partial charge in [-0.1, -0.05) is 11.6 Å². The Hall–Kier alpha value is -1.26. The number of amides is 1. The molecule has 1 aliphatic heterocycles. The van der Waals surface area contributed by atoms with Gasteiger partial charge in [0.25, 0.3) is 5.91 Å². The van der Waals surface area contributed by atoms with Crippen LogP contribution in [0, 0.1) is 5.92 Å². The summed E-state index contributed by atoms with van der Waals surface area (Å²) in [7, 11) is 1.54. The van der Waals surface area contributed by atoms with Gasteiger partial charge in [0.05, 0.1) is 12.7 Å². The summed E-state index contributed by atoms with van der Waals surface area (Å²) < 4.78 is 10.5. The number of ether oxygens (including phenoxy) is 2. The molecule has 0 aliphatic carbocycles. The second kappa shape index (κ2) is 6.78. The maximum Gasteiger partial charge on any atom is 0.255 e. The summed E-state index contributed by atoms with van der Waals surface area (Å²) in [5, 5.41) is 3.42. The van der Waals surface area contributed by atoms with Gasteiger partial charge in [-0.2, -0.15) is 0 Å². The van der Waals surface area contributed by atoms with E-state index in [1.54, 1.807) is 18.2 Å². The molecule has 1 N–H and O–H groups in total. The van der Waals surface area contributed by atoms with Crippen molar-refractivity contribution >= 4 is 17.5 Å². The predicted molar refractivity (Wildman–Crippen MR) is 73.9 cm³/mol. The molecule has 1 aromatic carbocycles. The van der Waals surface area contributed by atoms with Crippen LogP contribution in [-0.2, 0) is 4.74 Å². The number of benzene rings is 1. The van der Waals surface area contributed by atoms with Crippen molar-refractivity contribution in [2.75, 3.05) is 26.9 Å². The molecule has 1 fully saturated rings. The fraction of sp³-hybridized carbons (Fsp3) is 0.500. The average molecular weight is 284 g/mol. The van der Waals surface area contributed by atoms with Gasteiger partial charge in [-0.15, -0.1) is 0 Å². The van der Waals surface area contributed by atoms with Gasteiger partial charge in [-0.05, 0) is 37.0 Å². The van der Waals surface area contributed by atoms with E-state index in [1.807, 2.05) is 0 Å². The van der Waals surface area contributed by atoms with Gasteiger partial charge in [0.2, 0.25) is 0 Å². The molecule has 0 radical (unpaired) electrons. The normalized spacial score (nSPS) is 18.3. The van der Waals surface area contributed by atoms with Crippen LogP contribution in [0.3, 0.4) is 0 Å². The van der Waals surface area contributed by atoms with Crippen LogP contribution >= 0.6 is 11.6 Å². The first-order valence-corrected chi connectivity index (χ1v) is 6.78. The molecule has 0 bridgehead atoms.